The molecule has 114 valence electrons. The van der Waals surface area contributed by atoms with E-state index < -0.39 is 0 Å². The zero-order valence-electron chi connectivity index (χ0n) is 12.6. The zero-order valence-corrected chi connectivity index (χ0v) is 12.6. The molecule has 0 aromatic heterocycles. The normalized spacial score (nSPS) is 16.5. The largest absolute Gasteiger partial charge is 0.507 e. The Kier molecular flexibility index (Phi) is 3.57. The highest BCUT2D eigenvalue weighted by atomic mass is 16.3. The third-order valence-corrected chi connectivity index (χ3v) is 4.59. The minimum Gasteiger partial charge on any atom is -0.507 e. The van der Waals surface area contributed by atoms with E-state index in [1.807, 2.05) is 6.07 Å². The van der Waals surface area contributed by atoms with Crippen LogP contribution < -0.4 is 0 Å². The quantitative estimate of drug-likeness (QED) is 0.732. The lowest BCUT2D eigenvalue weighted by Crippen LogP contribution is -2.02. The third-order valence-electron chi connectivity index (χ3n) is 4.59. The lowest BCUT2D eigenvalue weighted by Gasteiger charge is -2.17. The highest BCUT2D eigenvalue weighted by molar-refractivity contribution is 5.60. The van der Waals surface area contributed by atoms with Crippen LogP contribution in [0.1, 0.15) is 47.1 Å². The van der Waals surface area contributed by atoms with Crippen LogP contribution in [-0.4, -0.2) is 15.3 Å². The predicted molar refractivity (Wildman–Crippen MR) is 87.5 cm³/mol. The number of hydrogen-bond donors (Lipinski definition) is 3. The van der Waals surface area contributed by atoms with Gasteiger partial charge in [0.05, 0.1) is 0 Å². The van der Waals surface area contributed by atoms with Gasteiger partial charge in [0.2, 0.25) is 0 Å². The molecule has 1 aliphatic rings. The van der Waals surface area contributed by atoms with Gasteiger partial charge in [-0.15, -0.1) is 0 Å². The van der Waals surface area contributed by atoms with E-state index in [-0.39, 0.29) is 23.2 Å². The van der Waals surface area contributed by atoms with Gasteiger partial charge in [-0.05, 0) is 71.7 Å². The van der Waals surface area contributed by atoms with Gasteiger partial charge in [0, 0.05) is 5.56 Å². The van der Waals surface area contributed by atoms with Gasteiger partial charge in [0.1, 0.15) is 5.75 Å². The van der Waals surface area contributed by atoms with Crippen molar-refractivity contribution >= 4 is 6.08 Å². The van der Waals surface area contributed by atoms with Crippen LogP contribution in [0.4, 0.5) is 0 Å². The van der Waals surface area contributed by atoms with Crippen LogP contribution in [0.3, 0.4) is 0 Å². The van der Waals surface area contributed by atoms with E-state index >= 15 is 0 Å². The molecule has 0 fully saturated rings. The molecule has 0 radical (unpaired) electrons. The molecule has 1 unspecified atom stereocenters. The first-order chi connectivity index (χ1) is 10.5. The Labute approximate surface area is 130 Å². The molecular weight excluding hydrogens is 276 g/mol. The van der Waals surface area contributed by atoms with Gasteiger partial charge in [0.25, 0.3) is 0 Å². The van der Waals surface area contributed by atoms with Crippen molar-refractivity contribution in [1.82, 2.24) is 0 Å². The average Bonchev–Trinajstić information content (AvgIpc) is 2.63. The van der Waals surface area contributed by atoms with Crippen molar-refractivity contribution in [2.45, 2.75) is 32.1 Å². The van der Waals surface area contributed by atoms with Crippen molar-refractivity contribution in [3.8, 4) is 17.2 Å². The average molecular weight is 296 g/mol. The number of phenolic OH excluding ortho intramolecular Hbond substituents is 3. The molecule has 3 nitrogen and oxygen atoms in total. The summed E-state index contributed by atoms with van der Waals surface area (Å²) in [5.74, 6) is 0.347. The topological polar surface area (TPSA) is 60.7 Å². The number of aromatic hydroxyl groups is 3. The van der Waals surface area contributed by atoms with Crippen molar-refractivity contribution < 1.29 is 15.3 Å². The maximum Gasteiger partial charge on any atom is 0.157 e. The van der Waals surface area contributed by atoms with Crippen LogP contribution in [0.15, 0.2) is 30.8 Å². The fourth-order valence-corrected chi connectivity index (χ4v) is 3.33. The lowest BCUT2D eigenvalue weighted by molar-refractivity contribution is 0.402. The highest BCUT2D eigenvalue weighted by Gasteiger charge is 2.23. The summed E-state index contributed by atoms with van der Waals surface area (Å²) in [6, 6.07) is 7.10. The van der Waals surface area contributed by atoms with E-state index in [0.29, 0.717) is 6.42 Å². The van der Waals surface area contributed by atoms with Crippen molar-refractivity contribution in [2.75, 3.05) is 0 Å². The van der Waals surface area contributed by atoms with Crippen LogP contribution in [0.25, 0.3) is 6.08 Å². The van der Waals surface area contributed by atoms with E-state index in [1.54, 1.807) is 24.3 Å². The number of rotatable bonds is 2. The molecule has 0 spiro atoms. The molecule has 3 heteroatoms. The fourth-order valence-electron chi connectivity index (χ4n) is 3.33. The van der Waals surface area contributed by atoms with Crippen LogP contribution >= 0.6 is 0 Å². The van der Waals surface area contributed by atoms with Gasteiger partial charge in [-0.3, -0.25) is 0 Å². The predicted octanol–water partition coefficient (Wildman–Crippen LogP) is 4.09. The maximum absolute atomic E-state index is 10.1. The number of benzene rings is 2. The Hall–Kier alpha value is -2.42. The fraction of sp³-hybridized carbons (Fsp3) is 0.263. The summed E-state index contributed by atoms with van der Waals surface area (Å²) in [6.45, 7) is 5.86. The van der Waals surface area contributed by atoms with E-state index in [0.717, 1.165) is 35.1 Å². The zero-order chi connectivity index (χ0) is 15.9. The minimum absolute atomic E-state index is 0.0715. The van der Waals surface area contributed by atoms with Crippen molar-refractivity contribution in [3.05, 3.63) is 58.7 Å². The van der Waals surface area contributed by atoms with E-state index in [9.17, 15) is 15.3 Å². The summed E-state index contributed by atoms with van der Waals surface area (Å²) < 4.78 is 0. The first-order valence-electron chi connectivity index (χ1n) is 7.55. The molecule has 3 rings (SSSR count). The first-order valence-corrected chi connectivity index (χ1v) is 7.55. The number of fused-ring (bicyclic) bond motifs is 2. The molecule has 0 saturated heterocycles. The van der Waals surface area contributed by atoms with Crippen LogP contribution in [-0.2, 0) is 12.8 Å². The Morgan fingerprint density at radius 2 is 1.68 bits per heavy atom. The number of phenols is 3. The molecule has 3 N–H and O–H groups in total. The molecule has 22 heavy (non-hydrogen) atoms. The van der Waals surface area contributed by atoms with Crippen LogP contribution in [0.2, 0.25) is 0 Å². The second-order valence-corrected chi connectivity index (χ2v) is 5.91. The Bertz CT molecular complexity index is 747. The smallest absolute Gasteiger partial charge is 0.157 e. The van der Waals surface area contributed by atoms with Gasteiger partial charge >= 0.3 is 0 Å². The minimum atomic E-state index is -0.0935. The highest BCUT2D eigenvalue weighted by Crippen LogP contribution is 2.40. The van der Waals surface area contributed by atoms with Gasteiger partial charge < -0.3 is 15.3 Å². The second kappa shape index (κ2) is 5.41. The summed E-state index contributed by atoms with van der Waals surface area (Å²) in [5.41, 5.74) is 5.07. The van der Waals surface area contributed by atoms with Crippen LogP contribution in [0, 0.1) is 0 Å². The molecule has 0 amide bonds. The lowest BCUT2D eigenvalue weighted by atomic mass is 9.89. The Morgan fingerprint density at radius 3 is 2.36 bits per heavy atom. The Morgan fingerprint density at radius 1 is 1.00 bits per heavy atom. The standard InChI is InChI=1S/C19H20O3/c1-3-11-5-13-6-12(4-2)17(20)8-14(13)7-15-9-18(21)19(22)10-16(11)15/h4,6,8-11,20-22H,2-3,5,7H2,1H3. The van der Waals surface area contributed by atoms with Crippen LogP contribution in [0.5, 0.6) is 17.2 Å². The summed E-state index contributed by atoms with van der Waals surface area (Å²) in [7, 11) is 0. The van der Waals surface area contributed by atoms with Gasteiger partial charge in [0.15, 0.2) is 11.5 Å². The van der Waals surface area contributed by atoms with E-state index in [2.05, 4.69) is 13.5 Å². The summed E-state index contributed by atoms with van der Waals surface area (Å²) in [5, 5.41) is 29.7. The van der Waals surface area contributed by atoms with E-state index in [4.69, 9.17) is 0 Å². The van der Waals surface area contributed by atoms with Gasteiger partial charge in [-0.1, -0.05) is 19.6 Å². The first kappa shape index (κ1) is 14.5. The van der Waals surface area contributed by atoms with Crippen molar-refractivity contribution in [2.24, 2.45) is 0 Å². The molecule has 0 saturated carbocycles. The summed E-state index contributed by atoms with van der Waals surface area (Å²) in [6.07, 6.45) is 4.09. The monoisotopic (exact) mass is 296 g/mol. The molecule has 0 aliphatic heterocycles. The van der Waals surface area contributed by atoms with Crippen molar-refractivity contribution in [3.63, 3.8) is 0 Å². The second-order valence-electron chi connectivity index (χ2n) is 5.91. The third kappa shape index (κ3) is 2.33. The molecule has 0 bridgehead atoms. The van der Waals surface area contributed by atoms with E-state index in [1.165, 1.54) is 5.56 Å². The SMILES string of the molecule is C=Cc1cc2c(cc1O)Cc1cc(O)c(O)cc1C(CC)C2. The molecule has 0 heterocycles. The summed E-state index contributed by atoms with van der Waals surface area (Å²) in [4.78, 5) is 0. The molecule has 2 aromatic carbocycles. The van der Waals surface area contributed by atoms with Gasteiger partial charge in [-0.2, -0.15) is 0 Å². The number of hydrogen-bond acceptors (Lipinski definition) is 3. The molecule has 2 aromatic rings. The summed E-state index contributed by atoms with van der Waals surface area (Å²) >= 11 is 0. The molecular formula is C19H20O3. The molecule has 1 aliphatic carbocycles. The van der Waals surface area contributed by atoms with Gasteiger partial charge in [-0.25, -0.2) is 0 Å². The molecule has 1 atom stereocenters. The Balaban J connectivity index is 2.18. The van der Waals surface area contributed by atoms with Crippen molar-refractivity contribution in [1.29, 1.82) is 0 Å². The maximum atomic E-state index is 10.1.